The number of hydrogen-bond acceptors (Lipinski definition) is 5. The van der Waals surface area contributed by atoms with Crippen LogP contribution in [0.4, 0.5) is 10.7 Å². The number of thiophene rings is 1. The molecule has 1 aromatic heterocycles. The molecule has 0 aliphatic heterocycles. The molecule has 1 amide bonds. The number of anilines is 1. The van der Waals surface area contributed by atoms with E-state index in [0.717, 1.165) is 24.8 Å². The van der Waals surface area contributed by atoms with E-state index in [1.54, 1.807) is 0 Å². The van der Waals surface area contributed by atoms with Crippen molar-refractivity contribution in [3.05, 3.63) is 55.9 Å². The number of aryl methyl sites for hydroxylation is 1. The number of hydrogen-bond donors (Lipinski definition) is 1. The number of rotatable bonds is 3. The lowest BCUT2D eigenvalue weighted by Gasteiger charge is -2.17. The first-order valence-electron chi connectivity index (χ1n) is 7.60. The van der Waals surface area contributed by atoms with E-state index in [4.69, 9.17) is 0 Å². The van der Waals surface area contributed by atoms with Crippen LogP contribution in [0.1, 0.15) is 39.7 Å². The Morgan fingerprint density at radius 3 is 2.75 bits per heavy atom. The molecule has 1 atom stereocenters. The van der Waals surface area contributed by atoms with E-state index in [0.29, 0.717) is 22.0 Å². The van der Waals surface area contributed by atoms with Crippen LogP contribution in [0.2, 0.25) is 0 Å². The molecule has 6 nitrogen and oxygen atoms in total. The van der Waals surface area contributed by atoms with E-state index in [9.17, 15) is 20.2 Å². The molecule has 122 valence electrons. The molecule has 0 fully saturated rings. The minimum Gasteiger partial charge on any atom is -0.312 e. The quantitative estimate of drug-likeness (QED) is 0.676. The van der Waals surface area contributed by atoms with Crippen LogP contribution in [-0.4, -0.2) is 10.8 Å². The van der Waals surface area contributed by atoms with Crippen LogP contribution in [0.25, 0.3) is 0 Å². The normalized spacial score (nSPS) is 16.1. The van der Waals surface area contributed by atoms with E-state index in [-0.39, 0.29) is 11.6 Å². The first kappa shape index (κ1) is 16.1. The number of nitro benzene ring substituents is 1. The molecule has 0 radical (unpaired) electrons. The Morgan fingerprint density at radius 1 is 1.42 bits per heavy atom. The van der Waals surface area contributed by atoms with Crippen molar-refractivity contribution in [1.82, 2.24) is 0 Å². The Kier molecular flexibility index (Phi) is 4.32. The number of nitrogens with zero attached hydrogens (tertiary/aromatic N) is 2. The zero-order valence-electron chi connectivity index (χ0n) is 13.0. The van der Waals surface area contributed by atoms with E-state index in [1.165, 1.54) is 40.5 Å². The number of non-ortho nitro benzene ring substituents is 1. The number of amides is 1. The maximum Gasteiger partial charge on any atom is 0.269 e. The van der Waals surface area contributed by atoms with E-state index in [2.05, 4.69) is 18.3 Å². The lowest BCUT2D eigenvalue weighted by Crippen LogP contribution is -2.12. The molecular weight excluding hydrogens is 326 g/mol. The first-order chi connectivity index (χ1) is 11.5. The summed E-state index contributed by atoms with van der Waals surface area (Å²) in [6.07, 6.45) is 2.89. The molecule has 7 heteroatoms. The van der Waals surface area contributed by atoms with Gasteiger partial charge in [0.05, 0.1) is 10.5 Å². The second-order valence-electron chi connectivity index (χ2n) is 5.93. The van der Waals surface area contributed by atoms with Gasteiger partial charge in [-0.3, -0.25) is 14.9 Å². The highest BCUT2D eigenvalue weighted by molar-refractivity contribution is 7.16. The topological polar surface area (TPSA) is 96.0 Å². The Labute approximate surface area is 142 Å². The van der Waals surface area contributed by atoms with Gasteiger partial charge in [0, 0.05) is 22.6 Å². The molecule has 2 aromatic rings. The minimum absolute atomic E-state index is 0.0650. The summed E-state index contributed by atoms with van der Waals surface area (Å²) in [5, 5.41) is 23.5. The third kappa shape index (κ3) is 3.01. The Bertz CT molecular complexity index is 849. The van der Waals surface area contributed by atoms with E-state index >= 15 is 0 Å². The number of nitrogens with one attached hydrogen (secondary N) is 1. The predicted molar refractivity (Wildman–Crippen MR) is 91.3 cm³/mol. The third-order valence-electron chi connectivity index (χ3n) is 4.19. The van der Waals surface area contributed by atoms with Crippen molar-refractivity contribution in [1.29, 1.82) is 5.26 Å². The standard InChI is InChI=1S/C17H15N3O3S/c1-10-2-7-15-13(8-10)14(9-18)17(24-15)19-16(21)11-3-5-12(6-4-11)20(22)23/h3-6,10H,2,7-8H2,1H3,(H,19,21). The molecule has 1 aliphatic carbocycles. The average molecular weight is 341 g/mol. The molecule has 1 aromatic carbocycles. The highest BCUT2D eigenvalue weighted by Gasteiger charge is 2.25. The Morgan fingerprint density at radius 2 is 2.12 bits per heavy atom. The average Bonchev–Trinajstić information content (AvgIpc) is 2.91. The minimum atomic E-state index is -0.510. The van der Waals surface area contributed by atoms with Gasteiger partial charge in [-0.25, -0.2) is 0 Å². The van der Waals surface area contributed by atoms with Gasteiger partial charge in [-0.1, -0.05) is 6.92 Å². The van der Waals surface area contributed by atoms with Crippen LogP contribution >= 0.6 is 11.3 Å². The highest BCUT2D eigenvalue weighted by atomic mass is 32.1. The summed E-state index contributed by atoms with van der Waals surface area (Å²) >= 11 is 1.46. The largest absolute Gasteiger partial charge is 0.312 e. The molecule has 1 aliphatic rings. The zero-order chi connectivity index (χ0) is 17.3. The summed E-state index contributed by atoms with van der Waals surface area (Å²) in [5.74, 6) is 0.172. The molecular formula is C17H15N3O3S. The molecule has 0 saturated carbocycles. The summed E-state index contributed by atoms with van der Waals surface area (Å²) in [4.78, 5) is 23.7. The maximum atomic E-state index is 12.4. The number of benzene rings is 1. The fourth-order valence-electron chi connectivity index (χ4n) is 2.87. The van der Waals surface area contributed by atoms with Crippen LogP contribution in [0, 0.1) is 27.4 Å². The Balaban J connectivity index is 1.84. The second kappa shape index (κ2) is 6.42. The summed E-state index contributed by atoms with van der Waals surface area (Å²) in [6, 6.07) is 7.62. The number of carbonyl (C=O) groups excluding carboxylic acids is 1. The SMILES string of the molecule is CC1CCc2sc(NC(=O)c3ccc([N+](=O)[O-])cc3)c(C#N)c2C1. The third-order valence-corrected chi connectivity index (χ3v) is 5.39. The Hall–Kier alpha value is -2.72. The smallest absolute Gasteiger partial charge is 0.269 e. The predicted octanol–water partition coefficient (Wildman–Crippen LogP) is 3.91. The lowest BCUT2D eigenvalue weighted by atomic mass is 9.88. The number of carbonyl (C=O) groups is 1. The molecule has 3 rings (SSSR count). The van der Waals surface area contributed by atoms with E-state index < -0.39 is 4.92 Å². The summed E-state index contributed by atoms with van der Waals surface area (Å²) in [7, 11) is 0. The van der Waals surface area contributed by atoms with Crippen molar-refractivity contribution in [3.8, 4) is 6.07 Å². The van der Waals surface area contributed by atoms with Gasteiger partial charge < -0.3 is 5.32 Å². The fourth-order valence-corrected chi connectivity index (χ4v) is 4.06. The molecule has 1 unspecified atom stereocenters. The summed E-state index contributed by atoms with van der Waals surface area (Å²) < 4.78 is 0. The molecule has 1 N–H and O–H groups in total. The maximum absolute atomic E-state index is 12.4. The first-order valence-corrected chi connectivity index (χ1v) is 8.41. The van der Waals surface area contributed by atoms with Crippen LogP contribution in [-0.2, 0) is 12.8 Å². The van der Waals surface area contributed by atoms with Gasteiger partial charge in [-0.2, -0.15) is 5.26 Å². The lowest BCUT2D eigenvalue weighted by molar-refractivity contribution is -0.384. The van der Waals surface area contributed by atoms with Crippen LogP contribution < -0.4 is 5.32 Å². The van der Waals surface area contributed by atoms with Crippen molar-refractivity contribution < 1.29 is 9.72 Å². The van der Waals surface area contributed by atoms with Crippen molar-refractivity contribution in [3.63, 3.8) is 0 Å². The van der Waals surface area contributed by atoms with Gasteiger partial charge in [0.1, 0.15) is 11.1 Å². The van der Waals surface area contributed by atoms with Gasteiger partial charge in [0.2, 0.25) is 0 Å². The van der Waals surface area contributed by atoms with Crippen molar-refractivity contribution >= 4 is 27.9 Å². The number of fused-ring (bicyclic) bond motifs is 1. The second-order valence-corrected chi connectivity index (χ2v) is 7.03. The highest BCUT2D eigenvalue weighted by Crippen LogP contribution is 2.39. The van der Waals surface area contributed by atoms with Gasteiger partial charge in [-0.15, -0.1) is 11.3 Å². The summed E-state index contributed by atoms with van der Waals surface area (Å²) in [5.41, 5.74) is 1.87. The van der Waals surface area contributed by atoms with Gasteiger partial charge >= 0.3 is 0 Å². The van der Waals surface area contributed by atoms with Crippen molar-refractivity contribution in [2.75, 3.05) is 5.32 Å². The molecule has 0 bridgehead atoms. The van der Waals surface area contributed by atoms with Gasteiger partial charge in [-0.05, 0) is 42.9 Å². The van der Waals surface area contributed by atoms with Crippen LogP contribution in [0.5, 0.6) is 0 Å². The van der Waals surface area contributed by atoms with Crippen molar-refractivity contribution in [2.24, 2.45) is 5.92 Å². The fraction of sp³-hybridized carbons (Fsp3) is 0.294. The molecule has 1 heterocycles. The number of nitro groups is 1. The molecule has 0 saturated heterocycles. The van der Waals surface area contributed by atoms with Crippen LogP contribution in [0.15, 0.2) is 24.3 Å². The van der Waals surface area contributed by atoms with Gasteiger partial charge in [0.25, 0.3) is 11.6 Å². The van der Waals surface area contributed by atoms with E-state index in [1.807, 2.05) is 0 Å². The molecule has 0 spiro atoms. The van der Waals surface area contributed by atoms with Gasteiger partial charge in [0.15, 0.2) is 0 Å². The zero-order valence-corrected chi connectivity index (χ0v) is 13.9. The monoisotopic (exact) mass is 341 g/mol. The van der Waals surface area contributed by atoms with Crippen molar-refractivity contribution in [2.45, 2.75) is 26.2 Å². The number of nitriles is 1. The molecule has 24 heavy (non-hydrogen) atoms. The summed E-state index contributed by atoms with van der Waals surface area (Å²) in [6.45, 7) is 2.16. The van der Waals surface area contributed by atoms with Crippen LogP contribution in [0.3, 0.4) is 0 Å².